The average molecular weight is 466 g/mol. The monoisotopic (exact) mass is 465 g/mol. The van der Waals surface area contributed by atoms with Crippen LogP contribution in [0.1, 0.15) is 27.6 Å². The summed E-state index contributed by atoms with van der Waals surface area (Å²) in [6.07, 6.45) is 0. The summed E-state index contributed by atoms with van der Waals surface area (Å²) in [6.45, 7) is 1.18. The molecule has 3 aromatic carbocycles. The first-order valence-corrected chi connectivity index (χ1v) is 11.0. The van der Waals surface area contributed by atoms with Gasteiger partial charge in [-0.2, -0.15) is 8.78 Å². The number of hydrogen-bond acceptors (Lipinski definition) is 5. The maximum atomic E-state index is 13.3. The van der Waals surface area contributed by atoms with Crippen molar-refractivity contribution in [2.24, 2.45) is 0 Å². The number of piperazine rings is 1. The molecule has 8 heteroatoms. The first-order chi connectivity index (χ1) is 16.4. The molecule has 1 aliphatic heterocycles. The number of carbonyl (C=O) groups is 2. The molecule has 1 saturated heterocycles. The van der Waals surface area contributed by atoms with Crippen molar-refractivity contribution in [2.45, 2.75) is 13.5 Å². The minimum absolute atomic E-state index is 0.0340. The van der Waals surface area contributed by atoms with E-state index < -0.39 is 6.61 Å². The summed E-state index contributed by atoms with van der Waals surface area (Å²) in [6, 6.07) is 20.9. The zero-order valence-corrected chi connectivity index (χ0v) is 18.7. The Hall–Kier alpha value is -3.94. The Morgan fingerprint density at radius 1 is 0.882 bits per heavy atom. The summed E-state index contributed by atoms with van der Waals surface area (Å²) in [5, 5.41) is 3.19. The number of halogens is 2. The Bertz CT molecular complexity index is 1140. The molecule has 1 N–H and O–H groups in total. The summed E-state index contributed by atoms with van der Waals surface area (Å²) in [5.41, 5.74) is 3.53. The van der Waals surface area contributed by atoms with E-state index in [2.05, 4.69) is 15.0 Å². The van der Waals surface area contributed by atoms with E-state index in [4.69, 9.17) is 0 Å². The number of amides is 1. The molecule has 0 bridgehead atoms. The van der Waals surface area contributed by atoms with E-state index in [1.165, 1.54) is 12.1 Å². The van der Waals surface area contributed by atoms with Crippen LogP contribution in [0.2, 0.25) is 0 Å². The summed E-state index contributed by atoms with van der Waals surface area (Å²) < 4.78 is 29.1. The molecule has 0 saturated carbocycles. The first kappa shape index (κ1) is 23.2. The fourth-order valence-electron chi connectivity index (χ4n) is 3.90. The van der Waals surface area contributed by atoms with Crippen molar-refractivity contribution in [1.82, 2.24) is 4.90 Å². The van der Waals surface area contributed by atoms with Gasteiger partial charge in [-0.3, -0.25) is 9.59 Å². The third-order valence-corrected chi connectivity index (χ3v) is 5.72. The van der Waals surface area contributed by atoms with Crippen LogP contribution in [0.25, 0.3) is 0 Å². The van der Waals surface area contributed by atoms with Gasteiger partial charge in [0.25, 0.3) is 5.91 Å². The largest absolute Gasteiger partial charge is 0.435 e. The minimum atomic E-state index is -2.88. The molecule has 1 heterocycles. The van der Waals surface area contributed by atoms with Gasteiger partial charge in [0.15, 0.2) is 5.78 Å². The molecule has 1 amide bonds. The number of anilines is 3. The second kappa shape index (κ2) is 10.3. The number of ketones is 1. The highest BCUT2D eigenvalue weighted by Crippen LogP contribution is 2.25. The van der Waals surface area contributed by atoms with Crippen molar-refractivity contribution in [3.05, 3.63) is 83.9 Å². The van der Waals surface area contributed by atoms with Gasteiger partial charge in [-0.25, -0.2) is 0 Å². The van der Waals surface area contributed by atoms with Crippen molar-refractivity contribution in [3.63, 3.8) is 0 Å². The van der Waals surface area contributed by atoms with E-state index >= 15 is 0 Å². The smallest absolute Gasteiger partial charge is 0.387 e. The standard InChI is InChI=1S/C26H25F2N3O3/c1-18(32)19-6-10-21(11-7-19)30-14-16-31(17-15-30)25(33)23-4-2-3-5-24(23)29-20-8-12-22(13-9-20)34-26(27)28/h2-13,26,29H,14-17H2,1H3. The zero-order valence-electron chi connectivity index (χ0n) is 18.7. The van der Waals surface area contributed by atoms with Gasteiger partial charge in [-0.15, -0.1) is 0 Å². The lowest BCUT2D eigenvalue weighted by Crippen LogP contribution is -2.48. The SMILES string of the molecule is CC(=O)c1ccc(N2CCN(C(=O)c3ccccc3Nc3ccc(OC(F)F)cc3)CC2)cc1. The Morgan fingerprint density at radius 2 is 1.53 bits per heavy atom. The van der Waals surface area contributed by atoms with Gasteiger partial charge in [0.05, 0.1) is 11.3 Å². The van der Waals surface area contributed by atoms with Crippen LogP contribution in [0, 0.1) is 0 Å². The van der Waals surface area contributed by atoms with Crippen LogP contribution in [-0.2, 0) is 0 Å². The maximum absolute atomic E-state index is 13.3. The summed E-state index contributed by atoms with van der Waals surface area (Å²) in [4.78, 5) is 28.8. The van der Waals surface area contributed by atoms with Crippen LogP contribution in [-0.4, -0.2) is 49.4 Å². The van der Waals surface area contributed by atoms with Gasteiger partial charge in [-0.05, 0) is 67.6 Å². The van der Waals surface area contributed by atoms with Crippen molar-refractivity contribution >= 4 is 28.8 Å². The molecule has 176 valence electrons. The maximum Gasteiger partial charge on any atom is 0.387 e. The second-order valence-corrected chi connectivity index (χ2v) is 7.96. The predicted octanol–water partition coefficient (Wildman–Crippen LogP) is 5.20. The normalized spacial score (nSPS) is 13.6. The zero-order chi connectivity index (χ0) is 24.1. The quantitative estimate of drug-likeness (QED) is 0.486. The highest BCUT2D eigenvalue weighted by Gasteiger charge is 2.24. The molecule has 3 aromatic rings. The lowest BCUT2D eigenvalue weighted by atomic mass is 10.1. The number of hydrogen-bond donors (Lipinski definition) is 1. The van der Waals surface area contributed by atoms with E-state index in [1.54, 1.807) is 25.1 Å². The topological polar surface area (TPSA) is 61.9 Å². The molecular formula is C26H25F2N3O3. The molecule has 4 rings (SSSR count). The minimum Gasteiger partial charge on any atom is -0.435 e. The Labute approximate surface area is 196 Å². The fraction of sp³-hybridized carbons (Fsp3) is 0.231. The number of nitrogens with one attached hydrogen (secondary N) is 1. The van der Waals surface area contributed by atoms with Crippen LogP contribution in [0.4, 0.5) is 25.8 Å². The van der Waals surface area contributed by atoms with Crippen molar-refractivity contribution in [1.29, 1.82) is 0 Å². The van der Waals surface area contributed by atoms with Gasteiger partial charge < -0.3 is 19.9 Å². The molecule has 0 aromatic heterocycles. The number of nitrogens with zero attached hydrogens (tertiary/aromatic N) is 2. The molecule has 1 aliphatic rings. The van der Waals surface area contributed by atoms with Crippen LogP contribution in [0.5, 0.6) is 5.75 Å². The lowest BCUT2D eigenvalue weighted by Gasteiger charge is -2.36. The average Bonchev–Trinajstić information content (AvgIpc) is 2.85. The molecule has 1 fully saturated rings. The number of benzene rings is 3. The number of carbonyl (C=O) groups excluding carboxylic acids is 2. The Balaban J connectivity index is 1.40. The lowest BCUT2D eigenvalue weighted by molar-refractivity contribution is -0.0498. The van der Waals surface area contributed by atoms with E-state index in [9.17, 15) is 18.4 Å². The Kier molecular flexibility index (Phi) is 7.06. The third kappa shape index (κ3) is 5.51. The van der Waals surface area contributed by atoms with Crippen LogP contribution in [0.3, 0.4) is 0 Å². The fourth-order valence-corrected chi connectivity index (χ4v) is 3.90. The molecule has 0 radical (unpaired) electrons. The van der Waals surface area contributed by atoms with E-state index in [0.717, 1.165) is 5.69 Å². The predicted molar refractivity (Wildman–Crippen MR) is 127 cm³/mol. The van der Waals surface area contributed by atoms with Crippen LogP contribution < -0.4 is 15.0 Å². The summed E-state index contributed by atoms with van der Waals surface area (Å²) >= 11 is 0. The van der Waals surface area contributed by atoms with Gasteiger partial charge in [-0.1, -0.05) is 12.1 Å². The molecule has 0 unspecified atom stereocenters. The van der Waals surface area contributed by atoms with E-state index in [0.29, 0.717) is 48.7 Å². The molecule has 0 aliphatic carbocycles. The first-order valence-electron chi connectivity index (χ1n) is 11.0. The molecule has 0 atom stereocenters. The molecule has 6 nitrogen and oxygen atoms in total. The van der Waals surface area contributed by atoms with Crippen molar-refractivity contribution in [2.75, 3.05) is 36.4 Å². The van der Waals surface area contributed by atoms with Crippen LogP contribution in [0.15, 0.2) is 72.8 Å². The van der Waals surface area contributed by atoms with Crippen molar-refractivity contribution in [3.8, 4) is 5.75 Å². The number of rotatable bonds is 7. The number of ether oxygens (including phenoxy) is 1. The summed E-state index contributed by atoms with van der Waals surface area (Å²) in [5.74, 6) is 0.0257. The number of para-hydroxylation sites is 1. The van der Waals surface area contributed by atoms with E-state index in [-0.39, 0.29) is 17.4 Å². The Morgan fingerprint density at radius 3 is 2.15 bits per heavy atom. The molecular weight excluding hydrogens is 440 g/mol. The molecule has 34 heavy (non-hydrogen) atoms. The highest BCUT2D eigenvalue weighted by atomic mass is 19.3. The number of Topliss-reactive ketones (excluding diaryl/α,β-unsaturated/α-hetero) is 1. The van der Waals surface area contributed by atoms with Gasteiger partial charge >= 0.3 is 6.61 Å². The number of alkyl halides is 2. The van der Waals surface area contributed by atoms with E-state index in [1.807, 2.05) is 47.4 Å². The second-order valence-electron chi connectivity index (χ2n) is 7.96. The summed E-state index contributed by atoms with van der Waals surface area (Å²) in [7, 11) is 0. The van der Waals surface area contributed by atoms with Gasteiger partial charge in [0.2, 0.25) is 0 Å². The van der Waals surface area contributed by atoms with Crippen molar-refractivity contribution < 1.29 is 23.1 Å². The van der Waals surface area contributed by atoms with Gasteiger partial charge in [0.1, 0.15) is 5.75 Å². The van der Waals surface area contributed by atoms with Crippen LogP contribution >= 0.6 is 0 Å². The van der Waals surface area contributed by atoms with Gasteiger partial charge in [0, 0.05) is 43.1 Å². The molecule has 0 spiro atoms. The highest BCUT2D eigenvalue weighted by molar-refractivity contribution is 6.00. The third-order valence-electron chi connectivity index (χ3n) is 5.72.